The van der Waals surface area contributed by atoms with Gasteiger partial charge in [-0.25, -0.2) is 8.57 Å². The summed E-state index contributed by atoms with van der Waals surface area (Å²) in [7, 11) is 0.362. The number of hydrogen-bond donors (Lipinski definition) is 0. The summed E-state index contributed by atoms with van der Waals surface area (Å²) in [6, 6.07) is 20.8. The second-order valence-corrected chi connectivity index (χ2v) is 9.91. The number of nitrogens with zero attached hydrogens (tertiary/aromatic N) is 5. The van der Waals surface area contributed by atoms with Crippen molar-refractivity contribution < 1.29 is 13.7 Å². The molecule has 0 aliphatic carbocycles. The number of ether oxygens (including phenoxy) is 2. The summed E-state index contributed by atoms with van der Waals surface area (Å²) in [5, 5.41) is 12.8. The van der Waals surface area contributed by atoms with E-state index < -0.39 is 15.8 Å². The van der Waals surface area contributed by atoms with E-state index in [2.05, 4.69) is 15.5 Å². The fourth-order valence-electron chi connectivity index (χ4n) is 3.26. The van der Waals surface area contributed by atoms with Gasteiger partial charge in [-0.1, -0.05) is 23.7 Å². The first-order valence-corrected chi connectivity index (χ1v) is 12.2. The average Bonchev–Trinajstić information content (AvgIpc) is 3.33. The smallest absolute Gasteiger partial charge is 0.186 e. The fraction of sp³-hybridized carbons (Fsp3) is 0.174. The summed E-state index contributed by atoms with van der Waals surface area (Å²) in [5.41, 5.74) is 1.48. The summed E-state index contributed by atoms with van der Waals surface area (Å²) in [5.74, 6) is 1.81. The Morgan fingerprint density at radius 3 is 2.06 bits per heavy atom. The second-order valence-electron chi connectivity index (χ2n) is 7.18. The highest BCUT2D eigenvalue weighted by Crippen LogP contribution is 2.30. The highest BCUT2D eigenvalue weighted by Gasteiger charge is 2.24. The van der Waals surface area contributed by atoms with Crippen molar-refractivity contribution >= 4 is 21.3 Å². The lowest BCUT2D eigenvalue weighted by Crippen LogP contribution is -2.11. The van der Waals surface area contributed by atoms with Crippen LogP contribution < -0.4 is 9.47 Å². The van der Waals surface area contributed by atoms with Crippen molar-refractivity contribution in [2.24, 2.45) is 4.36 Å². The molecule has 0 radical (unpaired) electrons. The van der Waals surface area contributed by atoms with E-state index >= 15 is 0 Å². The molecule has 0 saturated carbocycles. The molecule has 0 saturated heterocycles. The van der Waals surface area contributed by atoms with Crippen LogP contribution in [-0.4, -0.2) is 44.9 Å². The lowest BCUT2D eigenvalue weighted by Gasteiger charge is -2.16. The van der Waals surface area contributed by atoms with Crippen molar-refractivity contribution in [2.45, 2.75) is 10.9 Å². The predicted molar refractivity (Wildman–Crippen MR) is 127 cm³/mol. The zero-order valence-corrected chi connectivity index (χ0v) is 19.8. The van der Waals surface area contributed by atoms with E-state index in [0.29, 0.717) is 27.2 Å². The molecular weight excluding hydrogens is 462 g/mol. The summed E-state index contributed by atoms with van der Waals surface area (Å²) in [6.07, 6.45) is 1.60. The quantitative estimate of drug-likeness (QED) is 0.382. The predicted octanol–water partition coefficient (Wildman–Crippen LogP) is 4.58. The van der Waals surface area contributed by atoms with Gasteiger partial charge in [0.25, 0.3) is 0 Å². The molecule has 10 heteroatoms. The normalized spacial score (nSPS) is 13.7. The Labute approximate surface area is 197 Å². The van der Waals surface area contributed by atoms with Gasteiger partial charge < -0.3 is 9.47 Å². The maximum atomic E-state index is 13.7. The molecule has 8 nitrogen and oxygen atoms in total. The van der Waals surface area contributed by atoms with E-state index in [9.17, 15) is 4.21 Å². The van der Waals surface area contributed by atoms with E-state index in [4.69, 9.17) is 25.4 Å². The molecule has 4 rings (SSSR count). The Hall–Kier alpha value is -3.43. The van der Waals surface area contributed by atoms with Crippen molar-refractivity contribution in [2.75, 3.05) is 20.5 Å². The second kappa shape index (κ2) is 9.60. The molecule has 1 aromatic heterocycles. The van der Waals surface area contributed by atoms with Crippen LogP contribution in [-0.2, 0) is 9.73 Å². The standard InChI is InChI=1S/C23H22ClN5O3S/c1-31-19-10-8-18(9-11-19)29-23(25-27-28-29)22(16-4-6-17(24)7-5-16)26-33(3,30)21-14-12-20(32-2)13-15-21/h4-15,22H,1-3H3. The van der Waals surface area contributed by atoms with E-state index in [1.807, 2.05) is 36.4 Å². The molecule has 3 aromatic carbocycles. The molecule has 0 bridgehead atoms. The Kier molecular flexibility index (Phi) is 6.62. The average molecular weight is 484 g/mol. The Balaban J connectivity index is 1.85. The third-order valence-electron chi connectivity index (χ3n) is 5.04. The van der Waals surface area contributed by atoms with E-state index in [1.54, 1.807) is 61.6 Å². The molecule has 0 spiro atoms. The van der Waals surface area contributed by atoms with Crippen LogP contribution in [0.1, 0.15) is 17.4 Å². The molecule has 0 aliphatic rings. The molecule has 4 aromatic rings. The minimum atomic E-state index is -2.82. The first kappa shape index (κ1) is 22.8. The van der Waals surface area contributed by atoms with Crippen molar-refractivity contribution in [3.63, 3.8) is 0 Å². The minimum Gasteiger partial charge on any atom is -0.497 e. The largest absolute Gasteiger partial charge is 0.497 e. The number of rotatable bonds is 7. The number of hydrogen-bond acceptors (Lipinski definition) is 7. The van der Waals surface area contributed by atoms with Gasteiger partial charge in [0.2, 0.25) is 0 Å². The molecule has 0 fully saturated rings. The van der Waals surface area contributed by atoms with Crippen LogP contribution in [0.25, 0.3) is 5.69 Å². The van der Waals surface area contributed by atoms with Crippen LogP contribution in [0, 0.1) is 0 Å². The van der Waals surface area contributed by atoms with Crippen LogP contribution in [0.2, 0.25) is 5.02 Å². The van der Waals surface area contributed by atoms with Crippen LogP contribution in [0.4, 0.5) is 0 Å². The van der Waals surface area contributed by atoms with E-state index in [-0.39, 0.29) is 0 Å². The molecule has 1 heterocycles. The van der Waals surface area contributed by atoms with Crippen molar-refractivity contribution in [3.05, 3.63) is 89.2 Å². The first-order chi connectivity index (χ1) is 15.9. The lowest BCUT2D eigenvalue weighted by molar-refractivity contribution is 0.414. The van der Waals surface area contributed by atoms with Gasteiger partial charge in [0.1, 0.15) is 17.5 Å². The molecule has 33 heavy (non-hydrogen) atoms. The van der Waals surface area contributed by atoms with Gasteiger partial charge in [0.05, 0.1) is 29.6 Å². The zero-order chi connectivity index (χ0) is 23.4. The summed E-state index contributed by atoms with van der Waals surface area (Å²) < 4.78 is 30.5. The van der Waals surface area contributed by atoms with Gasteiger partial charge in [0, 0.05) is 16.2 Å². The molecular formula is C23H22ClN5O3S. The maximum absolute atomic E-state index is 13.7. The van der Waals surface area contributed by atoms with Crippen molar-refractivity contribution in [1.82, 2.24) is 20.2 Å². The highest BCUT2D eigenvalue weighted by atomic mass is 35.5. The van der Waals surface area contributed by atoms with Gasteiger partial charge >= 0.3 is 0 Å². The van der Waals surface area contributed by atoms with Gasteiger partial charge in [-0.05, 0) is 76.7 Å². The van der Waals surface area contributed by atoms with Crippen LogP contribution >= 0.6 is 11.6 Å². The summed E-state index contributed by atoms with van der Waals surface area (Å²) >= 11 is 6.10. The number of halogens is 1. The fourth-order valence-corrected chi connectivity index (χ4v) is 4.77. The molecule has 170 valence electrons. The first-order valence-electron chi connectivity index (χ1n) is 9.95. The number of tetrazole rings is 1. The SMILES string of the molecule is COc1ccc(-n2nnnc2C(N=S(C)(=O)c2ccc(OC)cc2)c2ccc(Cl)cc2)cc1. The van der Waals surface area contributed by atoms with E-state index in [0.717, 1.165) is 11.3 Å². The van der Waals surface area contributed by atoms with Gasteiger partial charge in [-0.3, -0.25) is 0 Å². The van der Waals surface area contributed by atoms with Crippen molar-refractivity contribution in [3.8, 4) is 17.2 Å². The Morgan fingerprint density at radius 2 is 1.48 bits per heavy atom. The molecule has 2 atom stereocenters. The monoisotopic (exact) mass is 483 g/mol. The van der Waals surface area contributed by atoms with Crippen LogP contribution in [0.3, 0.4) is 0 Å². The summed E-state index contributed by atoms with van der Waals surface area (Å²) in [6.45, 7) is 0. The number of benzene rings is 3. The molecule has 0 amide bonds. The zero-order valence-electron chi connectivity index (χ0n) is 18.3. The number of methoxy groups -OCH3 is 2. The third-order valence-corrected chi connectivity index (χ3v) is 7.06. The molecule has 2 unspecified atom stereocenters. The van der Waals surface area contributed by atoms with Crippen LogP contribution in [0.5, 0.6) is 11.5 Å². The minimum absolute atomic E-state index is 0.422. The number of aromatic nitrogens is 4. The third kappa shape index (κ3) is 4.99. The topological polar surface area (TPSA) is 91.5 Å². The van der Waals surface area contributed by atoms with Gasteiger partial charge in [0.15, 0.2) is 5.82 Å². The highest BCUT2D eigenvalue weighted by molar-refractivity contribution is 7.93. The maximum Gasteiger partial charge on any atom is 0.186 e. The Morgan fingerprint density at radius 1 is 0.909 bits per heavy atom. The van der Waals surface area contributed by atoms with Gasteiger partial charge in [-0.2, -0.15) is 4.68 Å². The van der Waals surface area contributed by atoms with Crippen LogP contribution in [0.15, 0.2) is 82.1 Å². The van der Waals surface area contributed by atoms with E-state index in [1.165, 1.54) is 0 Å². The molecule has 0 aliphatic heterocycles. The summed E-state index contributed by atoms with van der Waals surface area (Å²) in [4.78, 5) is 0.575. The van der Waals surface area contributed by atoms with Gasteiger partial charge in [-0.15, -0.1) is 5.10 Å². The van der Waals surface area contributed by atoms with Crippen molar-refractivity contribution in [1.29, 1.82) is 0 Å². The molecule has 0 N–H and O–H groups in total. The Bertz CT molecular complexity index is 1350. The lowest BCUT2D eigenvalue weighted by atomic mass is 10.1.